The number of nitrogens with one attached hydrogen (secondary N) is 1. The highest BCUT2D eigenvalue weighted by Crippen LogP contribution is 2.40. The van der Waals surface area contributed by atoms with Gasteiger partial charge in [0.1, 0.15) is 18.1 Å². The molecule has 3 N–H and O–H groups in total. The van der Waals surface area contributed by atoms with E-state index in [0.717, 1.165) is 37.5 Å². The Balaban J connectivity index is 1.37. The fraction of sp³-hybridized carbons (Fsp3) is 0.500. The molecule has 4 rings (SSSR count). The van der Waals surface area contributed by atoms with E-state index < -0.39 is 31.7 Å². The summed E-state index contributed by atoms with van der Waals surface area (Å²) in [7, 11) is 0. The number of β-amino-alcohol motifs (C(OH)–C–C–N with tert-alkyl or cyclic N) is 1. The monoisotopic (exact) mass is 573 g/mol. The molecule has 0 radical (unpaired) electrons. The highest BCUT2D eigenvalue weighted by Gasteiger charge is 2.35. The first-order valence-electron chi connectivity index (χ1n) is 12.4. The van der Waals surface area contributed by atoms with Gasteiger partial charge < -0.3 is 29.9 Å². The fourth-order valence-electron chi connectivity index (χ4n) is 4.85. The second-order valence-corrected chi connectivity index (χ2v) is 10.4. The third-order valence-corrected chi connectivity index (χ3v) is 7.26. The van der Waals surface area contributed by atoms with Crippen molar-refractivity contribution < 1.29 is 33.3 Å². The van der Waals surface area contributed by atoms with Gasteiger partial charge in [-0.25, -0.2) is 13.6 Å². The molecule has 2 aliphatic rings. The second kappa shape index (κ2) is 13.1. The van der Waals surface area contributed by atoms with Gasteiger partial charge >= 0.3 is 5.97 Å². The summed E-state index contributed by atoms with van der Waals surface area (Å²) >= 11 is 12.2. The molecule has 12 heteroatoms. The normalized spacial score (nSPS) is 20.7. The van der Waals surface area contributed by atoms with E-state index in [1.54, 1.807) is 0 Å². The van der Waals surface area contributed by atoms with Crippen LogP contribution in [0.15, 0.2) is 36.4 Å². The molecule has 0 bridgehead atoms. The minimum Gasteiger partial charge on any atom is -0.486 e. The molecule has 0 aromatic heterocycles. The van der Waals surface area contributed by atoms with Crippen LogP contribution in [0.3, 0.4) is 0 Å². The molecule has 2 aliphatic heterocycles. The number of piperidine rings is 1. The number of aliphatic carboxylic acids is 1. The Morgan fingerprint density at radius 3 is 2.45 bits per heavy atom. The predicted molar refractivity (Wildman–Crippen MR) is 141 cm³/mol. The molecule has 2 fully saturated rings. The number of aliphatic hydroxyl groups excluding tert-OH is 1. The van der Waals surface area contributed by atoms with Crippen LogP contribution in [0.4, 0.5) is 14.5 Å². The summed E-state index contributed by atoms with van der Waals surface area (Å²) in [4.78, 5) is 15.3. The Bertz CT molecular complexity index is 1090. The average molecular weight is 574 g/mol. The highest BCUT2D eigenvalue weighted by atomic mass is 35.5. The summed E-state index contributed by atoms with van der Waals surface area (Å²) in [5.41, 5.74) is 1.63. The Morgan fingerprint density at radius 1 is 1.08 bits per heavy atom. The molecule has 1 unspecified atom stereocenters. The summed E-state index contributed by atoms with van der Waals surface area (Å²) in [6.45, 7) is 1.91. The summed E-state index contributed by atoms with van der Waals surface area (Å²) in [6, 6.07) is 10.6. The molecule has 38 heavy (non-hydrogen) atoms. The maximum absolute atomic E-state index is 12.7. The number of rotatable bonds is 11. The van der Waals surface area contributed by atoms with E-state index in [1.807, 2.05) is 29.2 Å². The van der Waals surface area contributed by atoms with Gasteiger partial charge in [-0.05, 0) is 43.6 Å². The van der Waals surface area contributed by atoms with E-state index in [-0.39, 0.29) is 35.2 Å². The number of anilines is 1. The van der Waals surface area contributed by atoms with E-state index >= 15 is 0 Å². The van der Waals surface area contributed by atoms with Crippen molar-refractivity contribution in [1.82, 2.24) is 10.2 Å². The van der Waals surface area contributed by atoms with Crippen LogP contribution in [0.1, 0.15) is 18.4 Å². The van der Waals surface area contributed by atoms with Crippen molar-refractivity contribution in [2.75, 3.05) is 44.3 Å². The number of hydrogen-bond acceptors (Lipinski definition) is 7. The van der Waals surface area contributed by atoms with Crippen molar-refractivity contribution in [3.8, 4) is 11.5 Å². The van der Waals surface area contributed by atoms with Gasteiger partial charge in [0, 0.05) is 42.8 Å². The van der Waals surface area contributed by atoms with Crippen LogP contribution in [-0.2, 0) is 11.3 Å². The minimum atomic E-state index is -2.68. The maximum Gasteiger partial charge on any atom is 0.341 e. The van der Waals surface area contributed by atoms with E-state index in [4.69, 9.17) is 37.8 Å². The molecule has 2 aromatic rings. The fourth-order valence-corrected chi connectivity index (χ4v) is 5.18. The SMILES string of the molecule is O=C(O)COc1cc(Cl)c(OCC(F)F)cc1N1CC(NC2CCN(Cc3ccc(Cl)cc3)CC2)[C@H](O)C1. The van der Waals surface area contributed by atoms with Gasteiger partial charge in [0.15, 0.2) is 6.61 Å². The zero-order valence-corrected chi connectivity index (χ0v) is 22.2. The number of alkyl halides is 2. The molecule has 8 nitrogen and oxygen atoms in total. The van der Waals surface area contributed by atoms with Crippen molar-refractivity contribution >= 4 is 34.9 Å². The zero-order valence-electron chi connectivity index (χ0n) is 20.7. The van der Waals surface area contributed by atoms with Gasteiger partial charge in [0.25, 0.3) is 6.43 Å². The number of aliphatic hydroxyl groups is 1. The van der Waals surface area contributed by atoms with Crippen molar-refractivity contribution in [3.63, 3.8) is 0 Å². The summed E-state index contributed by atoms with van der Waals surface area (Å²) in [5.74, 6) is -0.970. The number of likely N-dealkylation sites (tertiary alicyclic amines) is 1. The van der Waals surface area contributed by atoms with Crippen molar-refractivity contribution in [1.29, 1.82) is 0 Å². The summed E-state index contributed by atoms with van der Waals surface area (Å²) in [5, 5.41) is 24.2. The smallest absolute Gasteiger partial charge is 0.341 e. The van der Waals surface area contributed by atoms with Gasteiger partial charge in [0.2, 0.25) is 0 Å². The van der Waals surface area contributed by atoms with Crippen LogP contribution in [0.25, 0.3) is 0 Å². The van der Waals surface area contributed by atoms with E-state index in [9.17, 15) is 18.7 Å². The molecule has 2 aromatic carbocycles. The Labute approximate surface area is 230 Å². The Kier molecular flexibility index (Phi) is 9.89. The largest absolute Gasteiger partial charge is 0.486 e. The van der Waals surface area contributed by atoms with Crippen LogP contribution in [-0.4, -0.2) is 85.1 Å². The van der Waals surface area contributed by atoms with Crippen LogP contribution in [0.5, 0.6) is 11.5 Å². The molecule has 0 spiro atoms. The second-order valence-electron chi connectivity index (χ2n) is 9.56. The molecule has 0 aliphatic carbocycles. The number of hydrogen-bond donors (Lipinski definition) is 3. The number of nitrogens with zero attached hydrogens (tertiary/aromatic N) is 2. The first-order valence-corrected chi connectivity index (χ1v) is 13.2. The van der Waals surface area contributed by atoms with Gasteiger partial charge in [-0.2, -0.15) is 0 Å². The van der Waals surface area contributed by atoms with Crippen molar-refractivity contribution in [2.24, 2.45) is 0 Å². The van der Waals surface area contributed by atoms with E-state index in [0.29, 0.717) is 12.2 Å². The molecule has 0 saturated carbocycles. The topological polar surface area (TPSA) is 94.5 Å². The lowest BCUT2D eigenvalue weighted by Gasteiger charge is -2.34. The Morgan fingerprint density at radius 2 is 1.79 bits per heavy atom. The standard InChI is InChI=1S/C26H31Cl2F2N3O5/c27-17-3-1-16(2-4-17)11-32-7-5-18(6-8-32)31-20-12-33(13-22(20)34)21-10-23(37-14-25(29)30)19(28)9-24(21)38-15-26(35)36/h1-4,9-10,18,20,22,25,31,34H,5-8,11-15H2,(H,35,36)/t20?,22-/m1/s1. The third kappa shape index (κ3) is 7.83. The molecule has 2 atom stereocenters. The lowest BCUT2D eigenvalue weighted by molar-refractivity contribution is -0.139. The number of benzene rings is 2. The quantitative estimate of drug-likeness (QED) is 0.372. The van der Waals surface area contributed by atoms with Crippen molar-refractivity contribution in [3.05, 3.63) is 52.0 Å². The summed E-state index contributed by atoms with van der Waals surface area (Å²) < 4.78 is 36.0. The molecule has 0 amide bonds. The summed E-state index contributed by atoms with van der Waals surface area (Å²) in [6.07, 6.45) is -1.53. The van der Waals surface area contributed by atoms with E-state index in [1.165, 1.54) is 17.7 Å². The van der Waals surface area contributed by atoms with Crippen LogP contribution in [0.2, 0.25) is 10.0 Å². The number of carboxylic acid groups (broad SMARTS) is 1. The van der Waals surface area contributed by atoms with Gasteiger partial charge in [-0.3, -0.25) is 4.90 Å². The number of ether oxygens (including phenoxy) is 2. The van der Waals surface area contributed by atoms with Crippen molar-refractivity contribution in [2.45, 2.75) is 44.0 Å². The first-order chi connectivity index (χ1) is 18.2. The molecule has 2 saturated heterocycles. The van der Waals surface area contributed by atoms with E-state index in [2.05, 4.69) is 10.2 Å². The minimum absolute atomic E-state index is 0.0227. The Hall–Kier alpha value is -2.37. The van der Waals surface area contributed by atoms with Crippen LogP contribution in [0, 0.1) is 0 Å². The molecular formula is C26H31Cl2F2N3O5. The third-order valence-electron chi connectivity index (χ3n) is 6.72. The van der Waals surface area contributed by atoms with Crippen LogP contribution >= 0.6 is 23.2 Å². The average Bonchev–Trinajstić information content (AvgIpc) is 3.24. The first kappa shape index (κ1) is 28.6. The van der Waals surface area contributed by atoms with Gasteiger partial charge in [-0.15, -0.1) is 0 Å². The molecule has 2 heterocycles. The van der Waals surface area contributed by atoms with Gasteiger partial charge in [-0.1, -0.05) is 35.3 Å². The van der Waals surface area contributed by atoms with Crippen LogP contribution < -0.4 is 19.7 Å². The lowest BCUT2D eigenvalue weighted by atomic mass is 10.0. The lowest BCUT2D eigenvalue weighted by Crippen LogP contribution is -2.49. The highest BCUT2D eigenvalue weighted by molar-refractivity contribution is 6.32. The number of carboxylic acids is 1. The number of halogens is 4. The molecule has 208 valence electrons. The molecular weight excluding hydrogens is 543 g/mol. The maximum atomic E-state index is 12.7. The predicted octanol–water partition coefficient (Wildman–Crippen LogP) is 3.90. The van der Waals surface area contributed by atoms with Gasteiger partial charge in [0.05, 0.1) is 22.9 Å². The zero-order chi connectivity index (χ0) is 27.2. The number of carbonyl (C=O) groups is 1.